The SMILES string of the molecule is CCCCCCCCCCCCO[C@H]1O[C@H]([C@H](C)NC(=O)Cc2ccc3c(c2)OCO3)[C@@H]2OC(C)(C)O[C@H]12. The Hall–Kier alpha value is -1.87. The fourth-order valence-corrected chi connectivity index (χ4v) is 5.54. The Labute approximate surface area is 228 Å². The molecular formula is C30H47NO7. The van der Waals surface area contributed by atoms with Gasteiger partial charge < -0.3 is 33.7 Å². The van der Waals surface area contributed by atoms with Crippen LogP contribution in [0.5, 0.6) is 11.5 Å². The van der Waals surface area contributed by atoms with Crippen molar-refractivity contribution >= 4 is 5.91 Å². The summed E-state index contributed by atoms with van der Waals surface area (Å²) in [4.78, 5) is 12.8. The number of amides is 1. The summed E-state index contributed by atoms with van der Waals surface area (Å²) in [6.45, 7) is 8.86. The lowest BCUT2D eigenvalue weighted by Crippen LogP contribution is -2.47. The second kappa shape index (κ2) is 14.0. The number of unbranched alkanes of at least 4 members (excludes halogenated alkanes) is 9. The van der Waals surface area contributed by atoms with Crippen LogP contribution in [0.3, 0.4) is 0 Å². The molecule has 3 aliphatic rings. The fraction of sp³-hybridized carbons (Fsp3) is 0.767. The second-order valence-electron chi connectivity index (χ2n) is 11.3. The standard InChI is InChI=1S/C30H47NO7/c1-5-6-7-8-9-10-11-12-13-14-17-33-29-28-27(37-30(3,4)38-28)26(36-29)21(2)31-25(32)19-22-15-16-23-24(18-22)35-20-34-23/h15-16,18,21,26-29H,5-14,17,19-20H2,1-4H3,(H,31,32)/t21-,26+,27-,28-,29-/m0/s1. The third kappa shape index (κ3) is 8.07. The molecule has 2 saturated heterocycles. The molecule has 1 amide bonds. The summed E-state index contributed by atoms with van der Waals surface area (Å²) in [6, 6.07) is 5.30. The molecular weight excluding hydrogens is 486 g/mol. The number of benzene rings is 1. The molecule has 0 aromatic heterocycles. The largest absolute Gasteiger partial charge is 0.454 e. The topological polar surface area (TPSA) is 84.5 Å². The molecule has 4 rings (SSSR count). The van der Waals surface area contributed by atoms with Gasteiger partial charge in [-0.05, 0) is 44.9 Å². The van der Waals surface area contributed by atoms with E-state index in [-0.39, 0.29) is 43.5 Å². The number of ether oxygens (including phenoxy) is 6. The molecule has 1 aromatic carbocycles. The third-order valence-corrected chi connectivity index (χ3v) is 7.51. The van der Waals surface area contributed by atoms with E-state index in [0.717, 1.165) is 18.4 Å². The van der Waals surface area contributed by atoms with E-state index in [0.29, 0.717) is 18.1 Å². The molecule has 1 N–H and O–H groups in total. The monoisotopic (exact) mass is 533 g/mol. The Morgan fingerprint density at radius 3 is 2.37 bits per heavy atom. The van der Waals surface area contributed by atoms with E-state index in [1.807, 2.05) is 39.0 Å². The van der Waals surface area contributed by atoms with Crippen LogP contribution in [-0.2, 0) is 30.2 Å². The Morgan fingerprint density at radius 2 is 1.63 bits per heavy atom. The first-order valence-corrected chi connectivity index (χ1v) is 14.7. The molecule has 0 saturated carbocycles. The molecule has 8 heteroatoms. The second-order valence-corrected chi connectivity index (χ2v) is 11.3. The van der Waals surface area contributed by atoms with Crippen molar-refractivity contribution in [2.24, 2.45) is 0 Å². The van der Waals surface area contributed by atoms with Gasteiger partial charge in [-0.25, -0.2) is 0 Å². The van der Waals surface area contributed by atoms with Gasteiger partial charge in [0.2, 0.25) is 12.7 Å². The van der Waals surface area contributed by atoms with Crippen molar-refractivity contribution in [3.63, 3.8) is 0 Å². The van der Waals surface area contributed by atoms with E-state index in [2.05, 4.69) is 12.2 Å². The zero-order valence-corrected chi connectivity index (χ0v) is 23.7. The summed E-state index contributed by atoms with van der Waals surface area (Å²) in [5, 5.41) is 3.08. The van der Waals surface area contributed by atoms with Crippen molar-refractivity contribution in [2.75, 3.05) is 13.4 Å². The number of hydrogen-bond acceptors (Lipinski definition) is 7. The molecule has 0 unspecified atom stereocenters. The van der Waals surface area contributed by atoms with Crippen molar-refractivity contribution in [1.29, 1.82) is 0 Å². The van der Waals surface area contributed by atoms with E-state index >= 15 is 0 Å². The van der Waals surface area contributed by atoms with Crippen LogP contribution in [0, 0.1) is 0 Å². The van der Waals surface area contributed by atoms with Crippen LogP contribution in [0.2, 0.25) is 0 Å². The van der Waals surface area contributed by atoms with Crippen LogP contribution in [0.4, 0.5) is 0 Å². The summed E-state index contributed by atoms with van der Waals surface area (Å²) in [5.74, 6) is 0.570. The highest BCUT2D eigenvalue weighted by Crippen LogP contribution is 2.40. The first kappa shape index (κ1) is 29.1. The molecule has 8 nitrogen and oxygen atoms in total. The maximum atomic E-state index is 12.8. The van der Waals surface area contributed by atoms with Crippen molar-refractivity contribution in [3.8, 4) is 11.5 Å². The van der Waals surface area contributed by atoms with E-state index in [4.69, 9.17) is 28.4 Å². The molecule has 3 heterocycles. The van der Waals surface area contributed by atoms with Crippen molar-refractivity contribution in [1.82, 2.24) is 5.32 Å². The molecule has 0 bridgehead atoms. The van der Waals surface area contributed by atoms with Crippen LogP contribution in [0.25, 0.3) is 0 Å². The van der Waals surface area contributed by atoms with Gasteiger partial charge in [-0.1, -0.05) is 70.8 Å². The first-order valence-electron chi connectivity index (χ1n) is 14.7. The first-order chi connectivity index (χ1) is 18.4. The summed E-state index contributed by atoms with van der Waals surface area (Å²) in [6.07, 6.45) is 11.6. The number of carbonyl (C=O) groups excluding carboxylic acids is 1. The predicted octanol–water partition coefficient (Wildman–Crippen LogP) is 5.65. The van der Waals surface area contributed by atoms with Crippen molar-refractivity contribution in [3.05, 3.63) is 23.8 Å². The van der Waals surface area contributed by atoms with Gasteiger partial charge in [0.25, 0.3) is 0 Å². The Kier molecular flexibility index (Phi) is 10.7. The summed E-state index contributed by atoms with van der Waals surface area (Å²) in [7, 11) is 0. The van der Waals surface area contributed by atoms with Crippen molar-refractivity contribution in [2.45, 2.75) is 135 Å². The maximum Gasteiger partial charge on any atom is 0.231 e. The van der Waals surface area contributed by atoms with E-state index in [1.54, 1.807) is 0 Å². The van der Waals surface area contributed by atoms with Gasteiger partial charge in [0.1, 0.15) is 18.3 Å². The van der Waals surface area contributed by atoms with E-state index in [9.17, 15) is 4.79 Å². The average Bonchev–Trinajstić information content (AvgIpc) is 3.55. The molecule has 0 spiro atoms. The lowest BCUT2D eigenvalue weighted by Gasteiger charge is -2.27. The number of hydrogen-bond donors (Lipinski definition) is 1. The Bertz CT molecular complexity index is 891. The summed E-state index contributed by atoms with van der Waals surface area (Å²) < 4.78 is 35.5. The van der Waals surface area contributed by atoms with Crippen LogP contribution in [0.1, 0.15) is 97.5 Å². The zero-order chi connectivity index (χ0) is 27.0. The average molecular weight is 534 g/mol. The van der Waals surface area contributed by atoms with Gasteiger partial charge >= 0.3 is 0 Å². The minimum absolute atomic E-state index is 0.0931. The van der Waals surface area contributed by atoms with Crippen molar-refractivity contribution < 1.29 is 33.2 Å². The molecule has 1 aromatic rings. The lowest BCUT2D eigenvalue weighted by atomic mass is 10.0. The minimum Gasteiger partial charge on any atom is -0.454 e. The predicted molar refractivity (Wildman–Crippen MR) is 144 cm³/mol. The molecule has 2 fully saturated rings. The maximum absolute atomic E-state index is 12.8. The smallest absolute Gasteiger partial charge is 0.231 e. The van der Waals surface area contributed by atoms with Crippen LogP contribution in [-0.4, -0.2) is 55.7 Å². The third-order valence-electron chi connectivity index (χ3n) is 7.51. The van der Waals surface area contributed by atoms with Crippen LogP contribution < -0.4 is 14.8 Å². The van der Waals surface area contributed by atoms with Gasteiger partial charge in [-0.3, -0.25) is 4.79 Å². The molecule has 38 heavy (non-hydrogen) atoms. The molecule has 0 aliphatic carbocycles. The fourth-order valence-electron chi connectivity index (χ4n) is 5.54. The number of carbonyl (C=O) groups is 1. The van der Waals surface area contributed by atoms with E-state index < -0.39 is 12.1 Å². The molecule has 214 valence electrons. The van der Waals surface area contributed by atoms with Crippen LogP contribution >= 0.6 is 0 Å². The number of nitrogens with one attached hydrogen (secondary N) is 1. The Morgan fingerprint density at radius 1 is 0.974 bits per heavy atom. The van der Waals surface area contributed by atoms with Gasteiger partial charge in [-0.2, -0.15) is 0 Å². The quantitative estimate of drug-likeness (QED) is 0.275. The minimum atomic E-state index is -0.716. The lowest BCUT2D eigenvalue weighted by molar-refractivity contribution is -0.235. The summed E-state index contributed by atoms with van der Waals surface area (Å²) in [5.41, 5.74) is 0.864. The molecule has 5 atom stereocenters. The Balaban J connectivity index is 1.19. The van der Waals surface area contributed by atoms with Gasteiger partial charge in [-0.15, -0.1) is 0 Å². The van der Waals surface area contributed by atoms with Gasteiger partial charge in [0, 0.05) is 6.61 Å². The summed E-state index contributed by atoms with van der Waals surface area (Å²) >= 11 is 0. The van der Waals surface area contributed by atoms with Crippen LogP contribution in [0.15, 0.2) is 18.2 Å². The van der Waals surface area contributed by atoms with Gasteiger partial charge in [0.05, 0.1) is 12.5 Å². The molecule has 0 radical (unpaired) electrons. The highest BCUT2D eigenvalue weighted by molar-refractivity contribution is 5.79. The highest BCUT2D eigenvalue weighted by atomic mass is 16.8. The zero-order valence-electron chi connectivity index (χ0n) is 23.7. The molecule has 3 aliphatic heterocycles. The number of rotatable bonds is 16. The van der Waals surface area contributed by atoms with Gasteiger partial charge in [0.15, 0.2) is 23.6 Å². The van der Waals surface area contributed by atoms with E-state index in [1.165, 1.54) is 51.4 Å². The number of fused-ring (bicyclic) bond motifs is 2. The highest BCUT2D eigenvalue weighted by Gasteiger charge is 2.57. The normalized spacial score (nSPS) is 25.9.